The summed E-state index contributed by atoms with van der Waals surface area (Å²) in [5.41, 5.74) is 5.42. The summed E-state index contributed by atoms with van der Waals surface area (Å²) in [7, 11) is -0.672. The summed E-state index contributed by atoms with van der Waals surface area (Å²) < 4.78 is 0. The Morgan fingerprint density at radius 3 is 1.92 bits per heavy atom. The minimum atomic E-state index is -1.63. The number of carboxylic acid groups (broad SMARTS) is 2. The molecule has 0 spiro atoms. The molecule has 1 unspecified atom stereocenters. The van der Waals surface area contributed by atoms with E-state index in [0.29, 0.717) is 0 Å². The fourth-order valence-corrected chi connectivity index (χ4v) is 1.38. The van der Waals surface area contributed by atoms with E-state index < -0.39 is 34.1 Å². The topological polar surface area (TPSA) is 101 Å². The van der Waals surface area contributed by atoms with Gasteiger partial charge in [-0.3, -0.25) is 10.5 Å². The van der Waals surface area contributed by atoms with Crippen LogP contribution in [0.3, 0.4) is 0 Å². The molecule has 1 atom stereocenters. The van der Waals surface area contributed by atoms with Gasteiger partial charge in [-0.05, 0) is 0 Å². The van der Waals surface area contributed by atoms with Crippen molar-refractivity contribution < 1.29 is 19.8 Å². The number of hydrogen-bond acceptors (Lipinski definition) is 3. The maximum Gasteiger partial charge on any atom is 0.376 e. The number of rotatable bonds is 4. The molecule has 0 aromatic rings. The molecular weight excluding hydrogens is 182 g/mol. The van der Waals surface area contributed by atoms with Gasteiger partial charge < -0.3 is 10.2 Å². The zero-order valence-electron chi connectivity index (χ0n) is 6.90. The van der Waals surface area contributed by atoms with E-state index in [4.69, 9.17) is 15.9 Å². The molecular formula is C6H12NO4S+. The predicted octanol–water partition coefficient (Wildman–Crippen LogP) is -0.921. The second kappa shape index (κ2) is 3.77. The summed E-state index contributed by atoms with van der Waals surface area (Å²) in [4.78, 5) is 19.3. The average Bonchev–Trinajstić information content (AvgIpc) is 1.84. The lowest BCUT2D eigenvalue weighted by Gasteiger charge is -2.18. The van der Waals surface area contributed by atoms with E-state index in [1.165, 1.54) is 0 Å². The van der Waals surface area contributed by atoms with Crippen LogP contribution in [-0.4, -0.2) is 39.5 Å². The SMILES string of the molecule is C[S+](C)C(N)(CC(=O)O)C(=O)O. The van der Waals surface area contributed by atoms with Crippen LogP contribution < -0.4 is 5.73 Å². The molecule has 0 amide bonds. The molecule has 0 aliphatic heterocycles. The first-order chi connectivity index (χ1) is 5.30. The Balaban J connectivity index is 4.62. The Morgan fingerprint density at radius 2 is 1.83 bits per heavy atom. The predicted molar refractivity (Wildman–Crippen MR) is 46.0 cm³/mol. The lowest BCUT2D eigenvalue weighted by atomic mass is 10.2. The molecule has 0 saturated heterocycles. The Labute approximate surface area is 72.9 Å². The van der Waals surface area contributed by atoms with Crippen molar-refractivity contribution in [2.45, 2.75) is 11.3 Å². The van der Waals surface area contributed by atoms with Crippen LogP contribution in [0.5, 0.6) is 0 Å². The molecule has 0 saturated carbocycles. The summed E-state index contributed by atoms with van der Waals surface area (Å²) in [5, 5.41) is 17.1. The summed E-state index contributed by atoms with van der Waals surface area (Å²) >= 11 is 0. The Bertz CT molecular complexity index is 206. The highest BCUT2D eigenvalue weighted by molar-refractivity contribution is 7.97. The normalized spacial score (nSPS) is 15.7. The van der Waals surface area contributed by atoms with E-state index in [1.54, 1.807) is 12.5 Å². The number of carboxylic acids is 2. The van der Waals surface area contributed by atoms with Crippen molar-refractivity contribution in [2.24, 2.45) is 5.73 Å². The van der Waals surface area contributed by atoms with Crippen LogP contribution in [-0.2, 0) is 20.5 Å². The van der Waals surface area contributed by atoms with Gasteiger partial charge in [0.2, 0.25) is 0 Å². The first-order valence-corrected chi connectivity index (χ1v) is 5.16. The lowest BCUT2D eigenvalue weighted by Crippen LogP contribution is -2.55. The van der Waals surface area contributed by atoms with Gasteiger partial charge in [0.15, 0.2) is 0 Å². The minimum absolute atomic E-state index is 0.543. The highest BCUT2D eigenvalue weighted by atomic mass is 32.2. The average molecular weight is 194 g/mol. The Kier molecular flexibility index (Phi) is 3.54. The molecule has 5 nitrogen and oxygen atoms in total. The molecule has 0 aromatic carbocycles. The number of carbonyl (C=O) groups is 2. The Morgan fingerprint density at radius 1 is 1.42 bits per heavy atom. The third kappa shape index (κ3) is 2.38. The second-order valence-corrected chi connectivity index (χ2v) is 4.94. The largest absolute Gasteiger partial charge is 0.481 e. The van der Waals surface area contributed by atoms with Crippen molar-refractivity contribution in [3.8, 4) is 0 Å². The van der Waals surface area contributed by atoms with Crippen LogP contribution >= 0.6 is 0 Å². The van der Waals surface area contributed by atoms with Crippen LogP contribution in [0.25, 0.3) is 0 Å². The number of hydrogen-bond donors (Lipinski definition) is 3. The van der Waals surface area contributed by atoms with Crippen molar-refractivity contribution in [2.75, 3.05) is 12.5 Å². The molecule has 0 aliphatic carbocycles. The van der Waals surface area contributed by atoms with E-state index in [9.17, 15) is 9.59 Å². The second-order valence-electron chi connectivity index (χ2n) is 2.58. The lowest BCUT2D eigenvalue weighted by molar-refractivity contribution is -0.146. The number of nitrogens with two attached hydrogens (primary N) is 1. The first kappa shape index (κ1) is 11.2. The molecule has 0 heterocycles. The van der Waals surface area contributed by atoms with Gasteiger partial charge in [0.05, 0.1) is 12.5 Å². The van der Waals surface area contributed by atoms with Gasteiger partial charge in [0.1, 0.15) is 6.42 Å². The Hall–Kier alpha value is -0.750. The van der Waals surface area contributed by atoms with Gasteiger partial charge >= 0.3 is 11.9 Å². The molecule has 0 fully saturated rings. The summed E-state index contributed by atoms with van der Waals surface area (Å²) in [6, 6.07) is 0. The molecule has 70 valence electrons. The fraction of sp³-hybridized carbons (Fsp3) is 0.667. The van der Waals surface area contributed by atoms with Gasteiger partial charge in [-0.15, -0.1) is 0 Å². The quantitative estimate of drug-likeness (QED) is 0.502. The smallest absolute Gasteiger partial charge is 0.376 e. The standard InChI is InChI=1S/C6H11NO4S/c1-12(2)6(7,5(10)11)3-4(8)9/h3,7H2,1-2H3,(H-,8,9,10,11)/p+1. The third-order valence-electron chi connectivity index (χ3n) is 1.50. The highest BCUT2D eigenvalue weighted by Crippen LogP contribution is 2.15. The molecule has 0 rings (SSSR count). The molecule has 0 bridgehead atoms. The maximum atomic E-state index is 10.6. The maximum absolute atomic E-state index is 10.6. The van der Waals surface area contributed by atoms with Crippen LogP contribution in [0.4, 0.5) is 0 Å². The van der Waals surface area contributed by atoms with Crippen molar-refractivity contribution >= 4 is 22.8 Å². The molecule has 6 heteroatoms. The van der Waals surface area contributed by atoms with E-state index in [-0.39, 0.29) is 0 Å². The van der Waals surface area contributed by atoms with E-state index in [2.05, 4.69) is 0 Å². The monoisotopic (exact) mass is 194 g/mol. The molecule has 0 aliphatic rings. The first-order valence-electron chi connectivity index (χ1n) is 3.12. The fourth-order valence-electron chi connectivity index (χ4n) is 0.619. The van der Waals surface area contributed by atoms with E-state index >= 15 is 0 Å². The van der Waals surface area contributed by atoms with Gasteiger partial charge in [-0.2, -0.15) is 0 Å². The van der Waals surface area contributed by atoms with E-state index in [0.717, 1.165) is 0 Å². The number of aliphatic carboxylic acids is 2. The zero-order valence-corrected chi connectivity index (χ0v) is 7.72. The van der Waals surface area contributed by atoms with Crippen LogP contribution in [0, 0.1) is 0 Å². The van der Waals surface area contributed by atoms with Gasteiger partial charge in [0, 0.05) is 10.9 Å². The summed E-state index contributed by atoms with van der Waals surface area (Å²) in [6.07, 6.45) is 2.67. The summed E-state index contributed by atoms with van der Waals surface area (Å²) in [5.74, 6) is -2.46. The molecule has 0 radical (unpaired) electrons. The molecule has 4 N–H and O–H groups in total. The summed E-state index contributed by atoms with van der Waals surface area (Å²) in [6.45, 7) is 0. The highest BCUT2D eigenvalue weighted by Gasteiger charge is 2.48. The van der Waals surface area contributed by atoms with Crippen LogP contribution in [0.2, 0.25) is 0 Å². The minimum Gasteiger partial charge on any atom is -0.481 e. The van der Waals surface area contributed by atoms with Crippen LogP contribution in [0.15, 0.2) is 0 Å². The zero-order chi connectivity index (χ0) is 9.94. The molecule has 12 heavy (non-hydrogen) atoms. The van der Waals surface area contributed by atoms with Crippen molar-refractivity contribution in [3.05, 3.63) is 0 Å². The molecule has 0 aromatic heterocycles. The van der Waals surface area contributed by atoms with Crippen molar-refractivity contribution in [1.82, 2.24) is 0 Å². The van der Waals surface area contributed by atoms with Crippen molar-refractivity contribution in [1.29, 1.82) is 0 Å². The van der Waals surface area contributed by atoms with Gasteiger partial charge in [0.25, 0.3) is 4.87 Å². The third-order valence-corrected chi connectivity index (χ3v) is 3.28. The van der Waals surface area contributed by atoms with Gasteiger partial charge in [-0.1, -0.05) is 0 Å². The van der Waals surface area contributed by atoms with Crippen molar-refractivity contribution in [3.63, 3.8) is 0 Å². The van der Waals surface area contributed by atoms with Crippen LogP contribution in [0.1, 0.15) is 6.42 Å². The van der Waals surface area contributed by atoms with E-state index in [1.807, 2.05) is 0 Å². The van der Waals surface area contributed by atoms with Gasteiger partial charge in [-0.25, -0.2) is 4.79 Å².